The first-order valence-corrected chi connectivity index (χ1v) is 5.55. The summed E-state index contributed by atoms with van der Waals surface area (Å²) >= 11 is 0. The summed E-state index contributed by atoms with van der Waals surface area (Å²) in [7, 11) is 0. The molecule has 0 spiro atoms. The van der Waals surface area contributed by atoms with Gasteiger partial charge in [0.25, 0.3) is 0 Å². The van der Waals surface area contributed by atoms with Crippen LogP contribution in [0.4, 0.5) is 8.78 Å². The van der Waals surface area contributed by atoms with Gasteiger partial charge in [-0.3, -0.25) is 4.90 Å². The Balaban J connectivity index is 2.05. The van der Waals surface area contributed by atoms with Crippen molar-refractivity contribution in [3.63, 3.8) is 0 Å². The lowest BCUT2D eigenvalue weighted by Crippen LogP contribution is -2.48. The highest BCUT2D eigenvalue weighted by molar-refractivity contribution is 5.18. The van der Waals surface area contributed by atoms with Crippen LogP contribution in [0.25, 0.3) is 0 Å². The summed E-state index contributed by atoms with van der Waals surface area (Å²) in [4.78, 5) is 2.14. The molecule has 1 aromatic carbocycles. The first-order valence-electron chi connectivity index (χ1n) is 5.55. The van der Waals surface area contributed by atoms with Crippen LogP contribution >= 0.6 is 0 Å². The maximum Gasteiger partial charge on any atom is 0.127 e. The van der Waals surface area contributed by atoms with Gasteiger partial charge < -0.3 is 5.32 Å². The first kappa shape index (κ1) is 11.5. The largest absolute Gasteiger partial charge is 0.312 e. The van der Waals surface area contributed by atoms with Crippen molar-refractivity contribution in [3.05, 3.63) is 35.4 Å². The van der Waals surface area contributed by atoms with Gasteiger partial charge >= 0.3 is 0 Å². The van der Waals surface area contributed by atoms with E-state index in [2.05, 4.69) is 17.1 Å². The molecule has 0 saturated carbocycles. The molecule has 1 aliphatic rings. The number of halogens is 2. The molecule has 1 heterocycles. The number of piperazine rings is 1. The Morgan fingerprint density at radius 2 is 2.25 bits per heavy atom. The molecule has 2 rings (SSSR count). The first-order chi connectivity index (χ1) is 7.65. The molecule has 1 N–H and O–H groups in total. The standard InChI is InChI=1S/C12H16F2N2/c1-9-7-16(5-4-15-9)8-10-6-11(13)2-3-12(10)14/h2-3,6,9,15H,4-5,7-8H2,1H3/t9-/m1/s1. The number of nitrogens with zero attached hydrogens (tertiary/aromatic N) is 1. The third-order valence-electron chi connectivity index (χ3n) is 2.85. The molecule has 0 amide bonds. The van der Waals surface area contributed by atoms with Crippen LogP contribution < -0.4 is 5.32 Å². The summed E-state index contributed by atoms with van der Waals surface area (Å²) in [6, 6.07) is 4.03. The summed E-state index contributed by atoms with van der Waals surface area (Å²) in [5.41, 5.74) is 0.439. The quantitative estimate of drug-likeness (QED) is 0.826. The summed E-state index contributed by atoms with van der Waals surface area (Å²) in [6.07, 6.45) is 0. The van der Waals surface area contributed by atoms with Gasteiger partial charge in [0.05, 0.1) is 0 Å². The molecule has 1 saturated heterocycles. The van der Waals surface area contributed by atoms with Gasteiger partial charge in [-0.1, -0.05) is 0 Å². The van der Waals surface area contributed by atoms with Crippen LogP contribution in [0.5, 0.6) is 0 Å². The number of nitrogens with one attached hydrogen (secondary N) is 1. The van der Waals surface area contributed by atoms with Gasteiger partial charge in [0.15, 0.2) is 0 Å². The smallest absolute Gasteiger partial charge is 0.127 e. The zero-order valence-electron chi connectivity index (χ0n) is 9.34. The van der Waals surface area contributed by atoms with Gasteiger partial charge in [-0.25, -0.2) is 8.78 Å². The molecule has 0 radical (unpaired) electrons. The Morgan fingerprint density at radius 3 is 3.00 bits per heavy atom. The normalized spacial score (nSPS) is 22.3. The second-order valence-electron chi connectivity index (χ2n) is 4.33. The maximum atomic E-state index is 13.4. The topological polar surface area (TPSA) is 15.3 Å². The minimum Gasteiger partial charge on any atom is -0.312 e. The third kappa shape index (κ3) is 2.77. The number of hydrogen-bond donors (Lipinski definition) is 1. The van der Waals surface area contributed by atoms with Crippen LogP contribution in [-0.2, 0) is 6.54 Å². The zero-order chi connectivity index (χ0) is 11.5. The summed E-state index contributed by atoms with van der Waals surface area (Å²) in [6.45, 7) is 5.22. The highest BCUT2D eigenvalue weighted by Crippen LogP contribution is 2.13. The average molecular weight is 226 g/mol. The molecular formula is C12H16F2N2. The Bertz CT molecular complexity index is 368. The number of benzene rings is 1. The van der Waals surface area contributed by atoms with E-state index in [1.54, 1.807) is 0 Å². The van der Waals surface area contributed by atoms with Gasteiger partial charge in [-0.05, 0) is 25.1 Å². The molecular weight excluding hydrogens is 210 g/mol. The maximum absolute atomic E-state index is 13.4. The second-order valence-corrected chi connectivity index (χ2v) is 4.33. The Labute approximate surface area is 94.3 Å². The predicted octanol–water partition coefficient (Wildman–Crippen LogP) is 1.76. The number of rotatable bonds is 2. The van der Waals surface area contributed by atoms with Crippen molar-refractivity contribution < 1.29 is 8.78 Å². The Hall–Kier alpha value is -1.00. The van der Waals surface area contributed by atoms with Crippen molar-refractivity contribution >= 4 is 0 Å². The number of hydrogen-bond acceptors (Lipinski definition) is 2. The van der Waals surface area contributed by atoms with E-state index in [9.17, 15) is 8.78 Å². The molecule has 0 aliphatic carbocycles. The average Bonchev–Trinajstić information content (AvgIpc) is 2.24. The third-order valence-corrected chi connectivity index (χ3v) is 2.85. The van der Waals surface area contributed by atoms with Gasteiger partial charge in [0, 0.05) is 37.8 Å². The van der Waals surface area contributed by atoms with Crippen molar-refractivity contribution in [1.29, 1.82) is 0 Å². The minimum atomic E-state index is -0.375. The summed E-state index contributed by atoms with van der Waals surface area (Å²) in [5, 5.41) is 3.31. The van der Waals surface area contributed by atoms with Gasteiger partial charge in [-0.15, -0.1) is 0 Å². The molecule has 1 fully saturated rings. The second kappa shape index (κ2) is 4.89. The fourth-order valence-corrected chi connectivity index (χ4v) is 2.06. The molecule has 1 aromatic rings. The van der Waals surface area contributed by atoms with E-state index in [-0.39, 0.29) is 11.6 Å². The predicted molar refractivity (Wildman–Crippen MR) is 59.1 cm³/mol. The lowest BCUT2D eigenvalue weighted by molar-refractivity contribution is 0.197. The van der Waals surface area contributed by atoms with E-state index in [0.29, 0.717) is 18.2 Å². The molecule has 2 nitrogen and oxygen atoms in total. The highest BCUT2D eigenvalue weighted by atomic mass is 19.1. The van der Waals surface area contributed by atoms with E-state index in [0.717, 1.165) is 25.7 Å². The fourth-order valence-electron chi connectivity index (χ4n) is 2.06. The molecule has 88 valence electrons. The van der Waals surface area contributed by atoms with Crippen molar-refractivity contribution in [3.8, 4) is 0 Å². The van der Waals surface area contributed by atoms with Crippen LogP contribution in [0.15, 0.2) is 18.2 Å². The van der Waals surface area contributed by atoms with Gasteiger partial charge in [0.1, 0.15) is 11.6 Å². The molecule has 0 aromatic heterocycles. The van der Waals surface area contributed by atoms with Crippen LogP contribution in [0.1, 0.15) is 12.5 Å². The SMILES string of the molecule is C[C@@H]1CN(Cc2cc(F)ccc2F)CCN1. The lowest BCUT2D eigenvalue weighted by atomic mass is 10.1. The van der Waals surface area contributed by atoms with Gasteiger partial charge in [0.2, 0.25) is 0 Å². The molecule has 1 aliphatic heterocycles. The van der Waals surface area contributed by atoms with Crippen LogP contribution in [0.3, 0.4) is 0 Å². The fraction of sp³-hybridized carbons (Fsp3) is 0.500. The summed E-state index contributed by atoms with van der Waals surface area (Å²) < 4.78 is 26.4. The monoisotopic (exact) mass is 226 g/mol. The lowest BCUT2D eigenvalue weighted by Gasteiger charge is -2.31. The molecule has 0 unspecified atom stereocenters. The van der Waals surface area contributed by atoms with E-state index < -0.39 is 0 Å². The molecule has 4 heteroatoms. The van der Waals surface area contributed by atoms with E-state index in [1.807, 2.05) is 0 Å². The molecule has 16 heavy (non-hydrogen) atoms. The summed E-state index contributed by atoms with van der Waals surface area (Å²) in [5.74, 6) is -0.702. The Morgan fingerprint density at radius 1 is 1.44 bits per heavy atom. The van der Waals surface area contributed by atoms with Crippen molar-refractivity contribution in [2.75, 3.05) is 19.6 Å². The van der Waals surface area contributed by atoms with Crippen LogP contribution in [0.2, 0.25) is 0 Å². The van der Waals surface area contributed by atoms with Crippen molar-refractivity contribution in [2.45, 2.75) is 19.5 Å². The molecule has 0 bridgehead atoms. The van der Waals surface area contributed by atoms with Crippen LogP contribution in [0, 0.1) is 11.6 Å². The van der Waals surface area contributed by atoms with E-state index in [1.165, 1.54) is 12.1 Å². The Kier molecular flexibility index (Phi) is 3.51. The van der Waals surface area contributed by atoms with Crippen molar-refractivity contribution in [2.24, 2.45) is 0 Å². The molecule has 1 atom stereocenters. The zero-order valence-corrected chi connectivity index (χ0v) is 9.34. The highest BCUT2D eigenvalue weighted by Gasteiger charge is 2.17. The minimum absolute atomic E-state index is 0.326. The van der Waals surface area contributed by atoms with E-state index >= 15 is 0 Å². The van der Waals surface area contributed by atoms with Crippen molar-refractivity contribution in [1.82, 2.24) is 10.2 Å². The van der Waals surface area contributed by atoms with Gasteiger partial charge in [-0.2, -0.15) is 0 Å². The van der Waals surface area contributed by atoms with Crippen LogP contribution in [-0.4, -0.2) is 30.6 Å². The van der Waals surface area contributed by atoms with E-state index in [4.69, 9.17) is 0 Å².